The van der Waals surface area contributed by atoms with Crippen molar-refractivity contribution in [1.29, 1.82) is 0 Å². The Labute approximate surface area is 152 Å². The van der Waals surface area contributed by atoms with E-state index in [1.54, 1.807) is 31.1 Å². The number of nitrogens with one attached hydrogen (secondary N) is 2. The second-order valence-electron chi connectivity index (χ2n) is 6.47. The fourth-order valence-corrected chi connectivity index (χ4v) is 3.11. The number of carbonyl (C=O) groups is 3. The predicted octanol–water partition coefficient (Wildman–Crippen LogP) is 0.635. The summed E-state index contributed by atoms with van der Waals surface area (Å²) < 4.78 is 15.2. The summed E-state index contributed by atoms with van der Waals surface area (Å²) in [5.41, 5.74) is 1.14. The Kier molecular flexibility index (Phi) is 6.68. The summed E-state index contributed by atoms with van der Waals surface area (Å²) in [4.78, 5) is 37.6. The Morgan fingerprint density at radius 1 is 1.38 bits per heavy atom. The van der Waals surface area contributed by atoms with Crippen LogP contribution in [0.25, 0.3) is 0 Å². The zero-order valence-electron chi connectivity index (χ0n) is 15.3. The van der Waals surface area contributed by atoms with Gasteiger partial charge in [0, 0.05) is 46.6 Å². The van der Waals surface area contributed by atoms with E-state index in [4.69, 9.17) is 0 Å². The van der Waals surface area contributed by atoms with Crippen molar-refractivity contribution in [2.75, 3.05) is 44.0 Å². The van der Waals surface area contributed by atoms with E-state index in [1.807, 2.05) is 0 Å². The molecule has 1 saturated heterocycles. The highest BCUT2D eigenvalue weighted by Crippen LogP contribution is 2.37. The Bertz CT molecular complexity index is 677. The summed E-state index contributed by atoms with van der Waals surface area (Å²) in [6, 6.07) is 2.44. The van der Waals surface area contributed by atoms with Gasteiger partial charge in [-0.3, -0.25) is 9.59 Å². The molecule has 0 saturated carbocycles. The van der Waals surface area contributed by atoms with E-state index in [1.165, 1.54) is 11.9 Å². The monoisotopic (exact) mass is 364 g/mol. The molecular formula is C18H25FN4O3. The highest BCUT2D eigenvalue weighted by molar-refractivity contribution is 5.95. The van der Waals surface area contributed by atoms with Crippen molar-refractivity contribution in [3.63, 3.8) is 0 Å². The lowest BCUT2D eigenvalue weighted by Crippen LogP contribution is -2.46. The zero-order chi connectivity index (χ0) is 19.3. The molecule has 0 aliphatic carbocycles. The zero-order valence-corrected chi connectivity index (χ0v) is 15.3. The van der Waals surface area contributed by atoms with Crippen LogP contribution in [0.2, 0.25) is 0 Å². The number of benzene rings is 1. The molecular weight excluding hydrogens is 339 g/mol. The Balaban J connectivity index is 2.50. The molecule has 0 spiro atoms. The first-order valence-corrected chi connectivity index (χ1v) is 8.55. The number of rotatable bonds is 9. The van der Waals surface area contributed by atoms with Crippen LogP contribution in [0.3, 0.4) is 0 Å². The minimum atomic E-state index is -0.892. The summed E-state index contributed by atoms with van der Waals surface area (Å²) in [5, 5.41) is 5.61. The van der Waals surface area contributed by atoms with Crippen molar-refractivity contribution in [3.8, 4) is 0 Å². The second kappa shape index (κ2) is 8.75. The fraction of sp³-hybridized carbons (Fsp3) is 0.500. The number of carbonyl (C=O) groups excluding carboxylic acids is 3. The smallest absolute Gasteiger partial charge is 0.242 e. The molecule has 1 aromatic rings. The molecule has 2 rings (SSSR count). The first-order valence-electron chi connectivity index (χ1n) is 8.55. The summed E-state index contributed by atoms with van der Waals surface area (Å²) in [7, 11) is 4.83. The standard InChI is InChI=1S/C18H25FN4O3/c1-20-18(26)15(5-4-8-24)23(11-25)14-7-6-13(12-9-21-10-12)16(19)17(14)22(2)3/h6-8,11-12,15,21H,4-5,9-10H2,1-3H3,(H,20,26). The summed E-state index contributed by atoms with van der Waals surface area (Å²) in [5.74, 6) is -0.703. The predicted molar refractivity (Wildman–Crippen MR) is 98.0 cm³/mol. The van der Waals surface area contributed by atoms with Gasteiger partial charge in [-0.1, -0.05) is 6.07 Å². The van der Waals surface area contributed by atoms with Crippen LogP contribution in [0.15, 0.2) is 12.1 Å². The van der Waals surface area contributed by atoms with Gasteiger partial charge in [-0.05, 0) is 18.1 Å². The Morgan fingerprint density at radius 2 is 2.08 bits per heavy atom. The molecule has 8 heteroatoms. The summed E-state index contributed by atoms with van der Waals surface area (Å²) >= 11 is 0. The molecule has 1 heterocycles. The van der Waals surface area contributed by atoms with Gasteiger partial charge in [0.2, 0.25) is 12.3 Å². The van der Waals surface area contributed by atoms with Crippen LogP contribution >= 0.6 is 0 Å². The molecule has 26 heavy (non-hydrogen) atoms. The summed E-state index contributed by atoms with van der Waals surface area (Å²) in [6.45, 7) is 1.42. The van der Waals surface area contributed by atoms with Gasteiger partial charge >= 0.3 is 0 Å². The normalized spacial score (nSPS) is 14.9. The first-order chi connectivity index (χ1) is 12.5. The molecule has 0 aromatic heterocycles. The molecule has 0 radical (unpaired) electrons. The molecule has 1 fully saturated rings. The van der Waals surface area contributed by atoms with Crippen molar-refractivity contribution in [2.24, 2.45) is 0 Å². The third-order valence-electron chi connectivity index (χ3n) is 4.63. The third kappa shape index (κ3) is 3.85. The Morgan fingerprint density at radius 3 is 2.54 bits per heavy atom. The van der Waals surface area contributed by atoms with Gasteiger partial charge in [-0.25, -0.2) is 4.39 Å². The van der Waals surface area contributed by atoms with Crippen molar-refractivity contribution < 1.29 is 18.8 Å². The number of halogens is 1. The molecule has 2 N–H and O–H groups in total. The van der Waals surface area contributed by atoms with Gasteiger partial charge < -0.3 is 25.2 Å². The molecule has 1 aliphatic rings. The number of hydrogen-bond donors (Lipinski definition) is 2. The van der Waals surface area contributed by atoms with E-state index in [0.717, 1.165) is 0 Å². The van der Waals surface area contributed by atoms with Crippen LogP contribution in [0.5, 0.6) is 0 Å². The maximum atomic E-state index is 15.2. The molecule has 1 aromatic carbocycles. The molecule has 7 nitrogen and oxygen atoms in total. The van der Waals surface area contributed by atoms with Crippen LogP contribution in [-0.2, 0) is 14.4 Å². The highest BCUT2D eigenvalue weighted by Gasteiger charge is 2.31. The largest absolute Gasteiger partial charge is 0.374 e. The third-order valence-corrected chi connectivity index (χ3v) is 4.63. The maximum absolute atomic E-state index is 15.2. The van der Waals surface area contributed by atoms with E-state index in [-0.39, 0.29) is 24.4 Å². The average molecular weight is 364 g/mol. The molecule has 0 bridgehead atoms. The highest BCUT2D eigenvalue weighted by atomic mass is 19.1. The number of amides is 2. The number of anilines is 2. The second-order valence-corrected chi connectivity index (χ2v) is 6.47. The quantitative estimate of drug-likeness (QED) is 0.629. The SMILES string of the molecule is CNC(=O)C(CCC=O)N(C=O)c1ccc(C2CNC2)c(F)c1N(C)C. The van der Waals surface area contributed by atoms with E-state index >= 15 is 4.39 Å². The minimum Gasteiger partial charge on any atom is -0.374 e. The molecule has 2 amide bonds. The van der Waals surface area contributed by atoms with Crippen LogP contribution in [-0.4, -0.2) is 58.9 Å². The van der Waals surface area contributed by atoms with Crippen molar-refractivity contribution in [2.45, 2.75) is 24.8 Å². The van der Waals surface area contributed by atoms with Gasteiger partial charge in [0.1, 0.15) is 12.3 Å². The molecule has 1 atom stereocenters. The van der Waals surface area contributed by atoms with Crippen LogP contribution < -0.4 is 20.4 Å². The van der Waals surface area contributed by atoms with Crippen molar-refractivity contribution >= 4 is 30.0 Å². The lowest BCUT2D eigenvalue weighted by Gasteiger charge is -2.33. The van der Waals surface area contributed by atoms with E-state index in [2.05, 4.69) is 10.6 Å². The number of hydrogen-bond acceptors (Lipinski definition) is 5. The fourth-order valence-electron chi connectivity index (χ4n) is 3.11. The van der Waals surface area contributed by atoms with E-state index in [0.29, 0.717) is 37.0 Å². The van der Waals surface area contributed by atoms with E-state index in [9.17, 15) is 14.4 Å². The van der Waals surface area contributed by atoms with Gasteiger partial charge in [0.15, 0.2) is 5.82 Å². The van der Waals surface area contributed by atoms with Gasteiger partial charge in [0.25, 0.3) is 0 Å². The molecule has 142 valence electrons. The van der Waals surface area contributed by atoms with Gasteiger partial charge in [-0.2, -0.15) is 0 Å². The lowest BCUT2D eigenvalue weighted by molar-refractivity contribution is -0.123. The van der Waals surface area contributed by atoms with Crippen molar-refractivity contribution in [1.82, 2.24) is 10.6 Å². The molecule has 1 unspecified atom stereocenters. The topological polar surface area (TPSA) is 81.8 Å². The van der Waals surface area contributed by atoms with Gasteiger partial charge in [-0.15, -0.1) is 0 Å². The maximum Gasteiger partial charge on any atom is 0.242 e. The number of nitrogens with zero attached hydrogens (tertiary/aromatic N) is 2. The van der Waals surface area contributed by atoms with E-state index < -0.39 is 17.8 Å². The number of aldehydes is 1. The first kappa shape index (κ1) is 19.8. The van der Waals surface area contributed by atoms with Crippen LogP contribution in [0.1, 0.15) is 24.3 Å². The number of likely N-dealkylation sites (N-methyl/N-ethyl adjacent to an activating group) is 1. The van der Waals surface area contributed by atoms with Gasteiger partial charge in [0.05, 0.1) is 11.4 Å². The lowest BCUT2D eigenvalue weighted by atomic mass is 9.92. The van der Waals surface area contributed by atoms with Crippen LogP contribution in [0, 0.1) is 5.82 Å². The van der Waals surface area contributed by atoms with Crippen molar-refractivity contribution in [3.05, 3.63) is 23.5 Å². The molecule has 1 aliphatic heterocycles. The van der Waals surface area contributed by atoms with Crippen LogP contribution in [0.4, 0.5) is 15.8 Å². The summed E-state index contributed by atoms with van der Waals surface area (Å²) in [6.07, 6.45) is 1.48. The Hall–Kier alpha value is -2.48. The minimum absolute atomic E-state index is 0.0947. The average Bonchev–Trinajstić information content (AvgIpc) is 2.57.